The first kappa shape index (κ1) is 28.9. The molecule has 0 bridgehead atoms. The summed E-state index contributed by atoms with van der Waals surface area (Å²) in [6.07, 6.45) is 23.2. The van der Waals surface area contributed by atoms with E-state index in [1.807, 2.05) is 0 Å². The van der Waals surface area contributed by atoms with Crippen molar-refractivity contribution in [2.45, 2.75) is 116 Å². The maximum Gasteiger partial charge on any atom is 0.104 e. The van der Waals surface area contributed by atoms with Gasteiger partial charge in [0.15, 0.2) is 0 Å². The van der Waals surface area contributed by atoms with Crippen molar-refractivity contribution in [2.75, 3.05) is 20.6 Å². The van der Waals surface area contributed by atoms with Crippen LogP contribution in [0.5, 0.6) is 0 Å². The number of rotatable bonds is 19. The van der Waals surface area contributed by atoms with Gasteiger partial charge in [-0.1, -0.05) is 127 Å². The Hall–Kier alpha value is -0.0900. The van der Waals surface area contributed by atoms with Gasteiger partial charge >= 0.3 is 0 Å². The van der Waals surface area contributed by atoms with Crippen LogP contribution in [0.2, 0.25) is 0 Å². The van der Waals surface area contributed by atoms with Crippen LogP contribution in [0.15, 0.2) is 30.3 Å². The Labute approximate surface area is 200 Å². The summed E-state index contributed by atoms with van der Waals surface area (Å²) in [6.45, 7) is 4.75. The van der Waals surface area contributed by atoms with Gasteiger partial charge in [-0.15, -0.1) is 0 Å². The molecule has 2 heteroatoms. The minimum absolute atomic E-state index is 0. The van der Waals surface area contributed by atoms with Crippen LogP contribution in [-0.4, -0.2) is 25.1 Å². The third kappa shape index (κ3) is 18.4. The third-order valence-corrected chi connectivity index (χ3v) is 6.07. The lowest BCUT2D eigenvalue weighted by Gasteiger charge is -2.30. The minimum Gasteiger partial charge on any atom is -1.00 e. The number of hydrogen-bond donors (Lipinski definition) is 0. The topological polar surface area (TPSA) is 0 Å². The standard InChI is InChI=1S/C27H50N.HI/c1-4-5-6-7-8-9-10-11-12-13-14-15-16-17-18-22-25-28(2,3)26-27-23-20-19-21-24-27;/h19-21,23-24H,4-18,22,25-26H2,1-3H3;1H/q+1;/p-1. The number of nitrogens with zero attached hydrogens (tertiary/aromatic N) is 1. The van der Waals surface area contributed by atoms with E-state index in [4.69, 9.17) is 0 Å². The average Bonchev–Trinajstić information content (AvgIpc) is 2.68. The van der Waals surface area contributed by atoms with Crippen molar-refractivity contribution in [3.63, 3.8) is 0 Å². The predicted octanol–water partition coefficient (Wildman–Crippen LogP) is 5.53. The maximum atomic E-state index is 2.37. The lowest BCUT2D eigenvalue weighted by molar-refractivity contribution is -0.903. The Morgan fingerprint density at radius 1 is 0.552 bits per heavy atom. The van der Waals surface area contributed by atoms with E-state index in [-0.39, 0.29) is 24.0 Å². The van der Waals surface area contributed by atoms with Crippen LogP contribution < -0.4 is 24.0 Å². The highest BCUT2D eigenvalue weighted by Gasteiger charge is 2.14. The second-order valence-electron chi connectivity index (χ2n) is 9.61. The normalized spacial score (nSPS) is 11.4. The van der Waals surface area contributed by atoms with Gasteiger partial charge in [0.25, 0.3) is 0 Å². The summed E-state index contributed by atoms with van der Waals surface area (Å²) in [7, 11) is 4.75. The van der Waals surface area contributed by atoms with Crippen LogP contribution in [0.1, 0.15) is 115 Å². The molecule has 0 aromatic heterocycles. The third-order valence-electron chi connectivity index (χ3n) is 6.07. The molecule has 0 saturated heterocycles. The molecule has 0 aliphatic carbocycles. The van der Waals surface area contributed by atoms with Crippen molar-refractivity contribution in [1.82, 2.24) is 0 Å². The second kappa shape index (κ2) is 19.8. The fraction of sp³-hybridized carbons (Fsp3) is 0.778. The number of halogens is 1. The molecule has 170 valence electrons. The lowest BCUT2D eigenvalue weighted by Crippen LogP contribution is -3.00. The van der Waals surface area contributed by atoms with Gasteiger partial charge in [0.2, 0.25) is 0 Å². The molecule has 0 heterocycles. The molecule has 1 nitrogen and oxygen atoms in total. The SMILES string of the molecule is CCCCCCCCCCCCCCCCCC[N+](C)(C)Cc1ccccc1.[I-]. The highest BCUT2D eigenvalue weighted by molar-refractivity contribution is 5.13. The molecule has 0 unspecified atom stereocenters. The summed E-state index contributed by atoms with van der Waals surface area (Å²) in [5.41, 5.74) is 1.46. The van der Waals surface area contributed by atoms with Crippen molar-refractivity contribution in [3.8, 4) is 0 Å². The largest absolute Gasteiger partial charge is 1.00 e. The fourth-order valence-electron chi connectivity index (χ4n) is 4.24. The molecule has 0 saturated carbocycles. The van der Waals surface area contributed by atoms with Gasteiger partial charge in [0.1, 0.15) is 6.54 Å². The molecule has 0 amide bonds. The molecule has 0 atom stereocenters. The molecule has 1 rings (SSSR count). The van der Waals surface area contributed by atoms with E-state index in [2.05, 4.69) is 51.4 Å². The Kier molecular flexibility index (Phi) is 19.8. The van der Waals surface area contributed by atoms with E-state index < -0.39 is 0 Å². The number of benzene rings is 1. The van der Waals surface area contributed by atoms with Crippen LogP contribution in [0.4, 0.5) is 0 Å². The zero-order chi connectivity index (χ0) is 20.3. The molecule has 0 aliphatic rings. The van der Waals surface area contributed by atoms with Crippen molar-refractivity contribution >= 4 is 0 Å². The van der Waals surface area contributed by atoms with Gasteiger partial charge in [-0.05, 0) is 12.8 Å². The highest BCUT2D eigenvalue weighted by Crippen LogP contribution is 2.15. The monoisotopic (exact) mass is 515 g/mol. The van der Waals surface area contributed by atoms with Gasteiger partial charge in [-0.2, -0.15) is 0 Å². The number of unbranched alkanes of at least 4 members (excludes halogenated alkanes) is 15. The van der Waals surface area contributed by atoms with Gasteiger partial charge in [0, 0.05) is 5.56 Å². The van der Waals surface area contributed by atoms with Crippen molar-refractivity contribution in [2.24, 2.45) is 0 Å². The Morgan fingerprint density at radius 3 is 1.34 bits per heavy atom. The zero-order valence-corrected chi connectivity index (χ0v) is 22.1. The average molecular weight is 516 g/mol. The molecule has 0 N–H and O–H groups in total. The maximum absolute atomic E-state index is 2.37. The summed E-state index contributed by atoms with van der Waals surface area (Å²) in [5, 5.41) is 0. The molecule has 0 fully saturated rings. The number of hydrogen-bond acceptors (Lipinski definition) is 0. The van der Waals surface area contributed by atoms with Crippen molar-refractivity contribution in [3.05, 3.63) is 35.9 Å². The Bertz CT molecular complexity index is 443. The van der Waals surface area contributed by atoms with Crippen LogP contribution in [-0.2, 0) is 6.54 Å². The summed E-state index contributed by atoms with van der Waals surface area (Å²) in [5.74, 6) is 0. The fourth-order valence-corrected chi connectivity index (χ4v) is 4.24. The second-order valence-corrected chi connectivity index (χ2v) is 9.61. The quantitative estimate of drug-likeness (QED) is 0.129. The van der Waals surface area contributed by atoms with E-state index in [1.165, 1.54) is 115 Å². The molecule has 0 aliphatic heterocycles. The van der Waals surface area contributed by atoms with Gasteiger partial charge in [-0.3, -0.25) is 0 Å². The zero-order valence-electron chi connectivity index (χ0n) is 19.9. The highest BCUT2D eigenvalue weighted by atomic mass is 127. The smallest absolute Gasteiger partial charge is 0.104 e. The van der Waals surface area contributed by atoms with Crippen LogP contribution in [0.3, 0.4) is 0 Å². The van der Waals surface area contributed by atoms with Crippen LogP contribution in [0, 0.1) is 0 Å². The van der Waals surface area contributed by atoms with Gasteiger partial charge in [-0.25, -0.2) is 0 Å². The molecule has 1 aromatic carbocycles. The molecule has 1 aromatic rings. The predicted molar refractivity (Wildman–Crippen MR) is 127 cm³/mol. The van der Waals surface area contributed by atoms with Crippen LogP contribution >= 0.6 is 0 Å². The van der Waals surface area contributed by atoms with E-state index in [0.717, 1.165) is 11.0 Å². The molecule has 29 heavy (non-hydrogen) atoms. The van der Waals surface area contributed by atoms with E-state index in [0.29, 0.717) is 0 Å². The molecular formula is C27H50IN. The van der Waals surface area contributed by atoms with Crippen molar-refractivity contribution < 1.29 is 28.5 Å². The summed E-state index contributed by atoms with van der Waals surface area (Å²) < 4.78 is 1.11. The van der Waals surface area contributed by atoms with Gasteiger partial charge < -0.3 is 28.5 Å². The Balaban J connectivity index is 0.00000784. The molecular weight excluding hydrogens is 465 g/mol. The minimum atomic E-state index is 0. The first-order valence-electron chi connectivity index (χ1n) is 12.5. The van der Waals surface area contributed by atoms with E-state index in [9.17, 15) is 0 Å². The first-order chi connectivity index (χ1) is 13.6. The van der Waals surface area contributed by atoms with E-state index >= 15 is 0 Å². The van der Waals surface area contributed by atoms with Gasteiger partial charge in [0.05, 0.1) is 20.6 Å². The summed E-state index contributed by atoms with van der Waals surface area (Å²) >= 11 is 0. The van der Waals surface area contributed by atoms with E-state index in [1.54, 1.807) is 0 Å². The summed E-state index contributed by atoms with van der Waals surface area (Å²) in [6, 6.07) is 10.9. The van der Waals surface area contributed by atoms with Crippen LogP contribution in [0.25, 0.3) is 0 Å². The first-order valence-corrected chi connectivity index (χ1v) is 12.5. The lowest BCUT2D eigenvalue weighted by atomic mass is 10.0. The Morgan fingerprint density at radius 2 is 0.931 bits per heavy atom. The number of quaternary nitrogens is 1. The molecule has 0 radical (unpaired) electrons. The molecule has 0 spiro atoms. The summed E-state index contributed by atoms with van der Waals surface area (Å²) in [4.78, 5) is 0. The van der Waals surface area contributed by atoms with Crippen molar-refractivity contribution in [1.29, 1.82) is 0 Å².